The molecule has 0 aliphatic carbocycles. The standard InChI is InChI=1S/C18H19NO4/c1-19-11-18(21)14-8-4-3-6-12(14)10-23-16-13(17(20)22-2)7-5-9-15(16)18/h3-9,19,21H,10-11H2,1-2H3. The van der Waals surface area contributed by atoms with Crippen molar-refractivity contribution in [1.29, 1.82) is 0 Å². The summed E-state index contributed by atoms with van der Waals surface area (Å²) in [6.07, 6.45) is 0. The van der Waals surface area contributed by atoms with E-state index in [4.69, 9.17) is 9.47 Å². The fourth-order valence-corrected chi connectivity index (χ4v) is 3.08. The number of carbonyl (C=O) groups excluding carboxylic acids is 1. The van der Waals surface area contributed by atoms with Crippen LogP contribution in [0.4, 0.5) is 0 Å². The van der Waals surface area contributed by atoms with Gasteiger partial charge in [0.25, 0.3) is 0 Å². The van der Waals surface area contributed by atoms with Gasteiger partial charge in [-0.2, -0.15) is 0 Å². The zero-order valence-electron chi connectivity index (χ0n) is 13.1. The quantitative estimate of drug-likeness (QED) is 0.846. The van der Waals surface area contributed by atoms with Crippen molar-refractivity contribution in [3.8, 4) is 5.75 Å². The number of methoxy groups -OCH3 is 1. The highest BCUT2D eigenvalue weighted by Crippen LogP contribution is 2.42. The molecule has 0 amide bonds. The largest absolute Gasteiger partial charge is 0.488 e. The first kappa shape index (κ1) is 15.5. The molecule has 1 atom stereocenters. The Morgan fingerprint density at radius 2 is 2.00 bits per heavy atom. The average Bonchev–Trinajstić information content (AvgIpc) is 2.70. The molecule has 1 aliphatic rings. The van der Waals surface area contributed by atoms with Crippen molar-refractivity contribution in [1.82, 2.24) is 5.32 Å². The molecule has 0 spiro atoms. The lowest BCUT2D eigenvalue weighted by Crippen LogP contribution is -2.38. The Bertz CT molecular complexity index is 744. The first-order valence-corrected chi connectivity index (χ1v) is 7.41. The van der Waals surface area contributed by atoms with Crippen molar-refractivity contribution >= 4 is 5.97 Å². The number of carbonyl (C=O) groups is 1. The first-order valence-electron chi connectivity index (χ1n) is 7.41. The zero-order valence-corrected chi connectivity index (χ0v) is 13.1. The Labute approximate surface area is 134 Å². The van der Waals surface area contributed by atoms with E-state index in [0.717, 1.165) is 11.1 Å². The fourth-order valence-electron chi connectivity index (χ4n) is 3.08. The lowest BCUT2D eigenvalue weighted by molar-refractivity contribution is 0.0592. The van der Waals surface area contributed by atoms with Crippen LogP contribution in [-0.4, -0.2) is 31.8 Å². The second kappa shape index (κ2) is 6.02. The van der Waals surface area contributed by atoms with Gasteiger partial charge in [-0.25, -0.2) is 4.79 Å². The summed E-state index contributed by atoms with van der Waals surface area (Å²) in [6, 6.07) is 12.7. The molecule has 3 rings (SSSR count). The predicted octanol–water partition coefficient (Wildman–Crippen LogP) is 1.82. The van der Waals surface area contributed by atoms with Crippen LogP contribution < -0.4 is 10.1 Å². The van der Waals surface area contributed by atoms with Crippen LogP contribution in [0.5, 0.6) is 5.75 Å². The summed E-state index contributed by atoms with van der Waals surface area (Å²) in [5.74, 6) is -0.118. The number of fused-ring (bicyclic) bond motifs is 2. The Kier molecular flexibility index (Phi) is 4.07. The molecule has 1 aliphatic heterocycles. The lowest BCUT2D eigenvalue weighted by Gasteiger charge is -2.30. The summed E-state index contributed by atoms with van der Waals surface area (Å²) >= 11 is 0. The summed E-state index contributed by atoms with van der Waals surface area (Å²) in [6.45, 7) is 0.578. The van der Waals surface area contributed by atoms with Crippen molar-refractivity contribution in [2.75, 3.05) is 20.7 Å². The number of aliphatic hydroxyl groups is 1. The zero-order chi connectivity index (χ0) is 16.4. The second-order valence-electron chi connectivity index (χ2n) is 5.51. The van der Waals surface area contributed by atoms with Crippen LogP contribution in [0.1, 0.15) is 27.0 Å². The van der Waals surface area contributed by atoms with Crippen LogP contribution in [0.2, 0.25) is 0 Å². The monoisotopic (exact) mass is 313 g/mol. The van der Waals surface area contributed by atoms with Gasteiger partial charge in [-0.05, 0) is 24.2 Å². The number of likely N-dealkylation sites (N-methyl/N-ethyl adjacent to an activating group) is 1. The highest BCUT2D eigenvalue weighted by Gasteiger charge is 2.39. The van der Waals surface area contributed by atoms with Crippen molar-refractivity contribution in [2.45, 2.75) is 12.2 Å². The molecule has 2 N–H and O–H groups in total. The van der Waals surface area contributed by atoms with Crippen LogP contribution in [0.15, 0.2) is 42.5 Å². The van der Waals surface area contributed by atoms with E-state index in [1.807, 2.05) is 24.3 Å². The molecule has 1 heterocycles. The average molecular weight is 313 g/mol. The molecule has 0 saturated heterocycles. The molecule has 23 heavy (non-hydrogen) atoms. The van der Waals surface area contributed by atoms with E-state index in [1.165, 1.54) is 7.11 Å². The van der Waals surface area contributed by atoms with E-state index in [9.17, 15) is 9.90 Å². The van der Waals surface area contributed by atoms with Crippen LogP contribution in [0.3, 0.4) is 0 Å². The molecular weight excluding hydrogens is 294 g/mol. The van der Waals surface area contributed by atoms with Crippen LogP contribution >= 0.6 is 0 Å². The molecule has 0 saturated carbocycles. The van der Waals surface area contributed by atoms with Crippen molar-refractivity contribution < 1.29 is 19.4 Å². The molecule has 120 valence electrons. The number of hydrogen-bond acceptors (Lipinski definition) is 5. The van der Waals surface area contributed by atoms with Gasteiger partial charge in [-0.3, -0.25) is 0 Å². The number of hydrogen-bond donors (Lipinski definition) is 2. The fraction of sp³-hybridized carbons (Fsp3) is 0.278. The van der Waals surface area contributed by atoms with Crippen LogP contribution in [0, 0.1) is 0 Å². The van der Waals surface area contributed by atoms with Crippen molar-refractivity contribution in [3.05, 3.63) is 64.7 Å². The number of benzene rings is 2. The number of nitrogens with one attached hydrogen (secondary N) is 1. The predicted molar refractivity (Wildman–Crippen MR) is 85.5 cm³/mol. The number of ether oxygens (including phenoxy) is 2. The maximum Gasteiger partial charge on any atom is 0.341 e. The summed E-state index contributed by atoms with van der Waals surface area (Å²) < 4.78 is 10.7. The molecule has 0 aromatic heterocycles. The first-order chi connectivity index (χ1) is 11.1. The van der Waals surface area contributed by atoms with Gasteiger partial charge in [0.05, 0.1) is 7.11 Å². The third-order valence-corrected chi connectivity index (χ3v) is 4.13. The molecule has 2 aromatic rings. The molecule has 1 unspecified atom stereocenters. The van der Waals surface area contributed by atoms with E-state index >= 15 is 0 Å². The van der Waals surface area contributed by atoms with Gasteiger partial charge in [-0.1, -0.05) is 36.4 Å². The smallest absolute Gasteiger partial charge is 0.341 e. The van der Waals surface area contributed by atoms with Crippen molar-refractivity contribution in [3.63, 3.8) is 0 Å². The minimum atomic E-state index is -1.29. The van der Waals surface area contributed by atoms with Gasteiger partial charge in [0, 0.05) is 12.1 Å². The van der Waals surface area contributed by atoms with Gasteiger partial charge >= 0.3 is 5.97 Å². The van der Waals surface area contributed by atoms with Crippen molar-refractivity contribution in [2.24, 2.45) is 0 Å². The molecule has 0 bridgehead atoms. The van der Waals surface area contributed by atoms with E-state index in [0.29, 0.717) is 23.4 Å². The number of rotatable bonds is 3. The summed E-state index contributed by atoms with van der Waals surface area (Å²) in [7, 11) is 3.10. The molecule has 5 heteroatoms. The van der Waals surface area contributed by atoms with Gasteiger partial charge < -0.3 is 19.9 Å². The highest BCUT2D eigenvalue weighted by molar-refractivity contribution is 5.93. The summed E-state index contributed by atoms with van der Waals surface area (Å²) in [5, 5.41) is 14.5. The van der Waals surface area contributed by atoms with E-state index in [-0.39, 0.29) is 6.61 Å². The third-order valence-electron chi connectivity index (χ3n) is 4.13. The number of para-hydroxylation sites is 1. The Hall–Kier alpha value is -2.37. The molecule has 0 fully saturated rings. The minimum absolute atomic E-state index is 0.281. The van der Waals surface area contributed by atoms with Crippen LogP contribution in [-0.2, 0) is 16.9 Å². The summed E-state index contributed by atoms with van der Waals surface area (Å²) in [4.78, 5) is 12.0. The van der Waals surface area contributed by atoms with Gasteiger partial charge in [0.2, 0.25) is 0 Å². The second-order valence-corrected chi connectivity index (χ2v) is 5.51. The molecule has 2 aromatic carbocycles. The van der Waals surface area contributed by atoms with Gasteiger partial charge in [0.1, 0.15) is 23.5 Å². The van der Waals surface area contributed by atoms with Gasteiger partial charge in [0.15, 0.2) is 0 Å². The normalized spacial score (nSPS) is 19.1. The minimum Gasteiger partial charge on any atom is -0.488 e. The van der Waals surface area contributed by atoms with E-state index < -0.39 is 11.6 Å². The molecule has 5 nitrogen and oxygen atoms in total. The number of esters is 1. The topological polar surface area (TPSA) is 67.8 Å². The maximum absolute atomic E-state index is 12.0. The van der Waals surface area contributed by atoms with E-state index in [2.05, 4.69) is 5.32 Å². The molecular formula is C18H19NO4. The highest BCUT2D eigenvalue weighted by atomic mass is 16.5. The lowest BCUT2D eigenvalue weighted by atomic mass is 9.83. The third kappa shape index (κ3) is 2.48. The summed E-state index contributed by atoms with van der Waals surface area (Å²) in [5.41, 5.74) is 1.24. The Morgan fingerprint density at radius 3 is 2.74 bits per heavy atom. The van der Waals surface area contributed by atoms with Crippen LogP contribution in [0.25, 0.3) is 0 Å². The molecule has 0 radical (unpaired) electrons. The Morgan fingerprint density at radius 1 is 1.26 bits per heavy atom. The maximum atomic E-state index is 12.0. The SMILES string of the molecule is CNCC1(O)c2ccccc2COc2c(C(=O)OC)cccc21. The van der Waals surface area contributed by atoms with Gasteiger partial charge in [-0.15, -0.1) is 0 Å². The Balaban J connectivity index is 2.26. The van der Waals surface area contributed by atoms with E-state index in [1.54, 1.807) is 25.2 Å².